The minimum atomic E-state index is -0.580. The van der Waals surface area contributed by atoms with Crippen LogP contribution in [0.4, 0.5) is 0 Å². The zero-order chi connectivity index (χ0) is 40.2. The van der Waals surface area contributed by atoms with Crippen LogP contribution < -0.4 is 0 Å². The Hall–Kier alpha value is -4.39. The molecule has 1 nitrogen and oxygen atoms in total. The molecule has 0 atom stereocenters. The first-order valence-corrected chi connectivity index (χ1v) is 24.0. The molecule has 290 valence electrons. The van der Waals surface area contributed by atoms with Crippen molar-refractivity contribution in [3.05, 3.63) is 186 Å². The maximum absolute atomic E-state index is 12.7. The number of carbonyl (C=O) groups excluding carboxylic acids is 1. The molecular weight excluding hydrogens is 781 g/mol. The maximum atomic E-state index is 12.7. The van der Waals surface area contributed by atoms with Gasteiger partial charge in [0.25, 0.3) is 0 Å². The van der Waals surface area contributed by atoms with E-state index >= 15 is 0 Å². The molecule has 0 saturated heterocycles. The van der Waals surface area contributed by atoms with Crippen LogP contribution in [0.1, 0.15) is 155 Å². The second-order valence-electron chi connectivity index (χ2n) is 17.6. The van der Waals surface area contributed by atoms with E-state index in [-0.39, 0.29) is 0 Å². The van der Waals surface area contributed by atoms with Crippen LogP contribution in [0.3, 0.4) is 0 Å². The van der Waals surface area contributed by atoms with E-state index in [9.17, 15) is 4.79 Å². The molecule has 4 aromatic heterocycles. The van der Waals surface area contributed by atoms with E-state index in [1.54, 1.807) is 11.3 Å². The monoisotopic (exact) mass is 828 g/mol. The van der Waals surface area contributed by atoms with E-state index < -0.39 is 10.8 Å². The number of hydrogen-bond donors (Lipinski definition) is 0. The minimum Gasteiger partial charge on any atom is -0.297 e. The van der Waals surface area contributed by atoms with Crippen LogP contribution >= 0.6 is 45.3 Å². The molecule has 58 heavy (non-hydrogen) atoms. The van der Waals surface area contributed by atoms with Gasteiger partial charge in [-0.25, -0.2) is 0 Å². The molecule has 0 N–H and O–H groups in total. The molecule has 0 unspecified atom stereocenters. The van der Waals surface area contributed by atoms with Crippen LogP contribution in [0.25, 0.3) is 28.9 Å². The van der Waals surface area contributed by atoms with Gasteiger partial charge in [-0.2, -0.15) is 0 Å². The van der Waals surface area contributed by atoms with Crippen LogP contribution in [0.15, 0.2) is 115 Å². The summed E-state index contributed by atoms with van der Waals surface area (Å²) in [6.07, 6.45) is 1.05. The van der Waals surface area contributed by atoms with Crippen LogP contribution in [-0.2, 0) is 10.8 Å². The largest absolute Gasteiger partial charge is 0.297 e. The molecule has 0 radical (unpaired) electrons. The van der Waals surface area contributed by atoms with Gasteiger partial charge in [0.05, 0.1) is 39.7 Å². The topological polar surface area (TPSA) is 17.1 Å². The molecule has 0 bridgehead atoms. The van der Waals surface area contributed by atoms with Crippen LogP contribution in [0.5, 0.6) is 0 Å². The van der Waals surface area contributed by atoms with Crippen LogP contribution in [0, 0.1) is 0 Å². The van der Waals surface area contributed by atoms with Crippen molar-refractivity contribution in [2.45, 2.75) is 89.9 Å². The van der Waals surface area contributed by atoms with E-state index in [1.165, 1.54) is 95.7 Å². The fourth-order valence-corrected chi connectivity index (χ4v) is 15.3. The van der Waals surface area contributed by atoms with E-state index in [0.717, 1.165) is 11.2 Å². The Bertz CT molecular complexity index is 2730. The van der Waals surface area contributed by atoms with Crippen molar-refractivity contribution in [3.63, 3.8) is 0 Å². The lowest BCUT2D eigenvalue weighted by molar-refractivity contribution is 0.112. The molecule has 10 rings (SSSR count). The van der Waals surface area contributed by atoms with Gasteiger partial charge in [-0.3, -0.25) is 4.79 Å². The Kier molecular flexibility index (Phi) is 9.03. The highest BCUT2D eigenvalue weighted by Gasteiger charge is 2.54. The van der Waals surface area contributed by atoms with Gasteiger partial charge in [0.2, 0.25) is 0 Å². The van der Waals surface area contributed by atoms with Gasteiger partial charge in [0, 0.05) is 16.0 Å². The highest BCUT2D eigenvalue weighted by molar-refractivity contribution is 7.34. The predicted octanol–water partition coefficient (Wildman–Crippen LogP) is 16.1. The Morgan fingerprint density at radius 2 is 0.793 bits per heavy atom. The first-order valence-electron chi connectivity index (χ1n) is 20.7. The first-order chi connectivity index (χ1) is 28.0. The molecule has 0 saturated carbocycles. The van der Waals surface area contributed by atoms with E-state index in [1.807, 2.05) is 34.0 Å². The molecule has 4 aromatic carbocycles. The fraction of sp³-hybridized carbons (Fsp3) is 0.264. The molecular formula is C53H48OS4. The molecule has 0 fully saturated rings. The van der Waals surface area contributed by atoms with Crippen molar-refractivity contribution in [2.75, 3.05) is 0 Å². The Morgan fingerprint density at radius 3 is 1.16 bits per heavy atom. The Balaban J connectivity index is 1.33. The third kappa shape index (κ3) is 5.19. The van der Waals surface area contributed by atoms with Gasteiger partial charge >= 0.3 is 0 Å². The zero-order valence-electron chi connectivity index (χ0n) is 34.4. The van der Waals surface area contributed by atoms with E-state index in [2.05, 4.69) is 170 Å². The predicted molar refractivity (Wildman–Crippen MR) is 252 cm³/mol. The number of benzene rings is 4. The molecule has 8 aromatic rings. The summed E-state index contributed by atoms with van der Waals surface area (Å²) in [5.74, 6) is 1.76. The van der Waals surface area contributed by atoms with Gasteiger partial charge in [-0.05, 0) is 96.8 Å². The summed E-state index contributed by atoms with van der Waals surface area (Å²) >= 11 is 7.52. The molecule has 4 heterocycles. The lowest BCUT2D eigenvalue weighted by Gasteiger charge is -2.34. The highest BCUT2D eigenvalue weighted by atomic mass is 32.1. The van der Waals surface area contributed by atoms with Crippen molar-refractivity contribution >= 4 is 61.0 Å². The zero-order valence-corrected chi connectivity index (χ0v) is 37.7. The van der Waals surface area contributed by atoms with Crippen LogP contribution in [-0.4, -0.2) is 6.29 Å². The normalized spacial score (nSPS) is 14.8. The van der Waals surface area contributed by atoms with Crippen molar-refractivity contribution in [2.24, 2.45) is 0 Å². The molecule has 5 heteroatoms. The van der Waals surface area contributed by atoms with Crippen molar-refractivity contribution in [1.82, 2.24) is 0 Å². The Morgan fingerprint density at radius 1 is 0.431 bits per heavy atom. The van der Waals surface area contributed by atoms with Gasteiger partial charge in [-0.1, -0.05) is 152 Å². The molecule has 2 aliphatic carbocycles. The van der Waals surface area contributed by atoms with Gasteiger partial charge < -0.3 is 0 Å². The van der Waals surface area contributed by atoms with Gasteiger partial charge in [-0.15, -0.1) is 45.3 Å². The molecule has 2 aliphatic rings. The number of thiophene rings is 4. The van der Waals surface area contributed by atoms with Gasteiger partial charge in [0.15, 0.2) is 6.29 Å². The molecule has 0 aliphatic heterocycles. The van der Waals surface area contributed by atoms with Crippen LogP contribution in [0.2, 0.25) is 0 Å². The van der Waals surface area contributed by atoms with Gasteiger partial charge in [0.1, 0.15) is 0 Å². The number of rotatable bonds is 9. The number of aldehydes is 1. The average molecular weight is 829 g/mol. The minimum absolute atomic E-state index is 0.429. The number of carbonyl (C=O) groups is 1. The maximum Gasteiger partial charge on any atom is 0.160 e. The fourth-order valence-electron chi connectivity index (χ4n) is 9.91. The summed E-state index contributed by atoms with van der Waals surface area (Å²) in [5, 5.41) is 2.31. The molecule has 0 spiro atoms. The summed E-state index contributed by atoms with van der Waals surface area (Å²) < 4.78 is 2.76. The first kappa shape index (κ1) is 37.9. The SMILES string of the molecule is CC(C)c1ccc(C2(c3ccc(C(C)C)cc3)c3ccsc3-c3sc4c5c(sc4c32)-c2sc(C=O)cc2C5(c2ccc(C(C)C)cc2)c2ccc(C(C)C)cc2)cc1. The number of fused-ring (bicyclic) bond motifs is 9. The second kappa shape index (κ2) is 13.8. The lowest BCUT2D eigenvalue weighted by atomic mass is 9.67. The quantitative estimate of drug-likeness (QED) is 0.132. The molecule has 0 amide bonds. The second-order valence-corrected chi connectivity index (χ2v) is 21.6. The summed E-state index contributed by atoms with van der Waals surface area (Å²) in [5.41, 5.74) is 14.9. The average Bonchev–Trinajstić information content (AvgIpc) is 4.07. The highest BCUT2D eigenvalue weighted by Crippen LogP contribution is 2.69. The summed E-state index contributed by atoms with van der Waals surface area (Å²) in [4.78, 5) is 18.8. The smallest absolute Gasteiger partial charge is 0.160 e. The summed E-state index contributed by atoms with van der Waals surface area (Å²) in [7, 11) is 0. The lowest BCUT2D eigenvalue weighted by Crippen LogP contribution is -2.29. The number of hydrogen-bond acceptors (Lipinski definition) is 5. The van der Waals surface area contributed by atoms with E-state index in [4.69, 9.17) is 0 Å². The summed E-state index contributed by atoms with van der Waals surface area (Å²) in [6, 6.07) is 42.5. The van der Waals surface area contributed by atoms with Crippen molar-refractivity contribution in [3.8, 4) is 19.5 Å². The standard InChI is InChI=1S/C53H48OS4/c1-29(2)33-9-17-37(18-10-33)52(38-19-11-34(12-20-38)30(3)4)42-25-26-55-46(42)48-44(52)50-51(57-48)45-49(58-50)47-43(27-41(28-54)56-47)53(45,39-21-13-35(14-22-39)31(5)6)40-23-15-36(16-24-40)32(7)8/h9-32H,1-8H3. The third-order valence-electron chi connectivity index (χ3n) is 13.1. The third-order valence-corrected chi connectivity index (χ3v) is 17.9. The van der Waals surface area contributed by atoms with Crippen molar-refractivity contribution in [1.29, 1.82) is 0 Å². The summed E-state index contributed by atoms with van der Waals surface area (Å²) in [6.45, 7) is 18.2. The van der Waals surface area contributed by atoms with E-state index in [0.29, 0.717) is 23.7 Å². The van der Waals surface area contributed by atoms with Crippen molar-refractivity contribution < 1.29 is 4.79 Å². The Labute approximate surface area is 359 Å².